The van der Waals surface area contributed by atoms with E-state index in [1.807, 2.05) is 17.0 Å². The molecule has 1 aromatic heterocycles. The van der Waals surface area contributed by atoms with Crippen LogP contribution in [0.2, 0.25) is 0 Å². The lowest BCUT2D eigenvalue weighted by Gasteiger charge is -2.42. The Labute approximate surface area is 188 Å². The first-order valence-electron chi connectivity index (χ1n) is 11.7. The number of anilines is 1. The summed E-state index contributed by atoms with van der Waals surface area (Å²) in [5.74, 6) is 0.956. The van der Waals surface area contributed by atoms with Gasteiger partial charge in [0.15, 0.2) is 0 Å². The van der Waals surface area contributed by atoms with E-state index < -0.39 is 0 Å². The van der Waals surface area contributed by atoms with Gasteiger partial charge in [-0.1, -0.05) is 0 Å². The maximum atomic E-state index is 12.3. The lowest BCUT2D eigenvalue weighted by molar-refractivity contribution is -0.138. The molecule has 8 nitrogen and oxygen atoms in total. The van der Waals surface area contributed by atoms with Crippen LogP contribution < -0.4 is 5.32 Å². The molecule has 2 saturated carbocycles. The number of nitrogens with one attached hydrogen (secondary N) is 1. The van der Waals surface area contributed by atoms with Gasteiger partial charge in [0.2, 0.25) is 5.91 Å². The van der Waals surface area contributed by atoms with E-state index in [0.717, 1.165) is 81.4 Å². The van der Waals surface area contributed by atoms with Crippen molar-refractivity contribution in [1.29, 1.82) is 5.26 Å². The Morgan fingerprint density at radius 3 is 2.59 bits per heavy atom. The first-order chi connectivity index (χ1) is 15.7. The summed E-state index contributed by atoms with van der Waals surface area (Å²) in [6, 6.07) is 8.68. The molecule has 1 amide bonds. The van der Waals surface area contributed by atoms with E-state index in [-0.39, 0.29) is 12.5 Å². The van der Waals surface area contributed by atoms with Crippen LogP contribution in [0.25, 0.3) is 10.9 Å². The molecule has 1 saturated heterocycles. The number of piperazine rings is 1. The molecule has 3 aliphatic rings. The van der Waals surface area contributed by atoms with Gasteiger partial charge in [0.05, 0.1) is 23.3 Å². The number of hydrogen-bond acceptors (Lipinski definition) is 7. The van der Waals surface area contributed by atoms with Gasteiger partial charge in [0, 0.05) is 43.6 Å². The van der Waals surface area contributed by atoms with Crippen LogP contribution in [0.5, 0.6) is 0 Å². The normalized spacial score (nSPS) is 24.3. The van der Waals surface area contributed by atoms with Crippen LogP contribution in [0.4, 0.5) is 5.82 Å². The Bertz CT molecular complexity index is 1000. The lowest BCUT2D eigenvalue weighted by atomic mass is 9.89. The lowest BCUT2D eigenvalue weighted by Crippen LogP contribution is -2.53. The average Bonchev–Trinajstić information content (AvgIpc) is 3.68. The molecule has 0 unspecified atom stereocenters. The second-order valence-corrected chi connectivity index (χ2v) is 9.14. The molecule has 1 N–H and O–H groups in total. The van der Waals surface area contributed by atoms with Crippen molar-refractivity contribution in [2.24, 2.45) is 0 Å². The Balaban J connectivity index is 1.11. The van der Waals surface area contributed by atoms with Crippen molar-refractivity contribution in [2.45, 2.75) is 56.7 Å². The monoisotopic (exact) mass is 434 g/mol. The number of nitrogens with zero attached hydrogens (tertiary/aromatic N) is 5. The second kappa shape index (κ2) is 9.39. The number of nitriles is 1. The number of fused-ring (bicyclic) bond motifs is 1. The molecule has 32 heavy (non-hydrogen) atoms. The van der Waals surface area contributed by atoms with Crippen LogP contribution in [0, 0.1) is 11.3 Å². The fourth-order valence-corrected chi connectivity index (χ4v) is 4.87. The highest BCUT2D eigenvalue weighted by atomic mass is 16.5. The number of amides is 1. The predicted molar refractivity (Wildman–Crippen MR) is 121 cm³/mol. The molecule has 0 spiro atoms. The number of aromatic nitrogens is 2. The van der Waals surface area contributed by atoms with Crippen LogP contribution in [0.1, 0.15) is 44.1 Å². The Hall–Kier alpha value is -2.76. The van der Waals surface area contributed by atoms with Crippen molar-refractivity contribution in [3.05, 3.63) is 30.1 Å². The zero-order valence-electron chi connectivity index (χ0n) is 18.4. The fraction of sp³-hybridized carbons (Fsp3) is 0.583. The van der Waals surface area contributed by atoms with Crippen molar-refractivity contribution in [3.63, 3.8) is 0 Å². The van der Waals surface area contributed by atoms with Crippen molar-refractivity contribution in [3.8, 4) is 6.07 Å². The molecule has 0 bridgehead atoms. The van der Waals surface area contributed by atoms with E-state index in [1.165, 1.54) is 0 Å². The summed E-state index contributed by atoms with van der Waals surface area (Å²) >= 11 is 0. The molecule has 1 aromatic carbocycles. The molecule has 3 fully saturated rings. The predicted octanol–water partition coefficient (Wildman–Crippen LogP) is 2.55. The highest BCUT2D eigenvalue weighted by molar-refractivity contribution is 5.89. The van der Waals surface area contributed by atoms with E-state index in [1.54, 1.807) is 12.4 Å². The molecule has 0 radical (unpaired) electrons. The minimum atomic E-state index is 0.140. The molecule has 8 heteroatoms. The van der Waals surface area contributed by atoms with Crippen molar-refractivity contribution in [1.82, 2.24) is 19.8 Å². The van der Waals surface area contributed by atoms with Gasteiger partial charge in [-0.2, -0.15) is 5.26 Å². The summed E-state index contributed by atoms with van der Waals surface area (Å²) in [7, 11) is 0. The van der Waals surface area contributed by atoms with Crippen LogP contribution in [0.3, 0.4) is 0 Å². The van der Waals surface area contributed by atoms with Gasteiger partial charge in [-0.05, 0) is 56.7 Å². The van der Waals surface area contributed by atoms with E-state index in [4.69, 9.17) is 4.74 Å². The number of ether oxygens (including phenoxy) is 1. The Morgan fingerprint density at radius 2 is 1.88 bits per heavy atom. The Kier molecular flexibility index (Phi) is 6.19. The number of carbonyl (C=O) groups excluding carboxylic acids is 1. The van der Waals surface area contributed by atoms with Crippen LogP contribution >= 0.6 is 0 Å². The molecule has 168 valence electrons. The van der Waals surface area contributed by atoms with E-state index in [2.05, 4.69) is 26.3 Å². The summed E-state index contributed by atoms with van der Waals surface area (Å²) in [5, 5.41) is 13.7. The first-order valence-corrected chi connectivity index (χ1v) is 11.7. The van der Waals surface area contributed by atoms with Crippen LogP contribution in [-0.2, 0) is 9.53 Å². The zero-order valence-corrected chi connectivity index (χ0v) is 18.4. The standard InChI is InChI=1S/C24H30N6O2/c25-14-17-1-8-22-21(13-17)24(27-16-26-22)28-18-2-4-19(5-3-18)29-9-11-30(12-10-29)23(31)15-32-20-6-7-20/h1,8,13,16,18-20H,2-7,9-12,15H2,(H,26,27,28)/t18-,19-. The first kappa shape index (κ1) is 21.1. The summed E-state index contributed by atoms with van der Waals surface area (Å²) in [5.41, 5.74) is 1.47. The fourth-order valence-electron chi connectivity index (χ4n) is 4.87. The Morgan fingerprint density at radius 1 is 1.09 bits per heavy atom. The van der Waals surface area contributed by atoms with Gasteiger partial charge in [0.25, 0.3) is 0 Å². The highest BCUT2D eigenvalue weighted by Crippen LogP contribution is 2.28. The number of benzene rings is 1. The van der Waals surface area contributed by atoms with Gasteiger partial charge >= 0.3 is 0 Å². The molecule has 2 aromatic rings. The smallest absolute Gasteiger partial charge is 0.248 e. The number of rotatable bonds is 6. The summed E-state index contributed by atoms with van der Waals surface area (Å²) in [6.07, 6.45) is 8.58. The van der Waals surface area contributed by atoms with Gasteiger partial charge in [-0.25, -0.2) is 9.97 Å². The maximum Gasteiger partial charge on any atom is 0.248 e. The molecular weight excluding hydrogens is 404 g/mol. The molecule has 2 aliphatic carbocycles. The number of hydrogen-bond donors (Lipinski definition) is 1. The van der Waals surface area contributed by atoms with E-state index in [9.17, 15) is 10.1 Å². The third kappa shape index (κ3) is 4.84. The second-order valence-electron chi connectivity index (χ2n) is 9.14. The molecule has 2 heterocycles. The maximum absolute atomic E-state index is 12.3. The zero-order chi connectivity index (χ0) is 21.9. The van der Waals surface area contributed by atoms with Crippen LogP contribution in [0.15, 0.2) is 24.5 Å². The summed E-state index contributed by atoms with van der Waals surface area (Å²) in [4.78, 5) is 25.6. The third-order valence-corrected chi connectivity index (χ3v) is 6.95. The average molecular weight is 435 g/mol. The molecule has 0 atom stereocenters. The SMILES string of the molecule is N#Cc1ccc2ncnc(N[C@H]3CC[C@H](N4CCN(C(=O)COC5CC5)CC4)CC3)c2c1. The summed E-state index contributed by atoms with van der Waals surface area (Å²) in [6.45, 7) is 3.75. The quantitative estimate of drug-likeness (QED) is 0.747. The van der Waals surface area contributed by atoms with Gasteiger partial charge in [-0.15, -0.1) is 0 Å². The topological polar surface area (TPSA) is 94.4 Å². The molecule has 5 rings (SSSR count). The van der Waals surface area contributed by atoms with Crippen molar-refractivity contribution < 1.29 is 9.53 Å². The summed E-state index contributed by atoms with van der Waals surface area (Å²) < 4.78 is 5.57. The van der Waals surface area contributed by atoms with Gasteiger partial charge < -0.3 is 15.0 Å². The minimum absolute atomic E-state index is 0.140. The largest absolute Gasteiger partial charge is 0.368 e. The highest BCUT2D eigenvalue weighted by Gasteiger charge is 2.30. The third-order valence-electron chi connectivity index (χ3n) is 6.95. The molecule has 1 aliphatic heterocycles. The number of carbonyl (C=O) groups is 1. The van der Waals surface area contributed by atoms with Crippen molar-refractivity contribution >= 4 is 22.6 Å². The minimum Gasteiger partial charge on any atom is -0.368 e. The molecular formula is C24H30N6O2. The van der Waals surface area contributed by atoms with Gasteiger partial charge in [0.1, 0.15) is 18.8 Å². The van der Waals surface area contributed by atoms with Crippen LogP contribution in [-0.4, -0.2) is 76.6 Å². The van der Waals surface area contributed by atoms with E-state index in [0.29, 0.717) is 23.8 Å². The van der Waals surface area contributed by atoms with Crippen molar-refractivity contribution in [2.75, 3.05) is 38.1 Å². The van der Waals surface area contributed by atoms with Gasteiger partial charge in [-0.3, -0.25) is 9.69 Å². The van der Waals surface area contributed by atoms with E-state index >= 15 is 0 Å².